The number of halogens is 1. The van der Waals surface area contributed by atoms with Gasteiger partial charge < -0.3 is 14.7 Å². The van der Waals surface area contributed by atoms with Crippen molar-refractivity contribution in [2.24, 2.45) is 5.92 Å². The van der Waals surface area contributed by atoms with Gasteiger partial charge >= 0.3 is 5.97 Å². The molecule has 1 fully saturated rings. The zero-order chi connectivity index (χ0) is 17.8. The van der Waals surface area contributed by atoms with Gasteiger partial charge in [0, 0.05) is 13.1 Å². The number of carboxylic acids is 1. The molecule has 1 saturated heterocycles. The Morgan fingerprint density at radius 3 is 2.56 bits per heavy atom. The molecule has 1 aliphatic rings. The predicted octanol–water partition coefficient (Wildman–Crippen LogP) is 2.95. The number of amides is 1. The smallest absolute Gasteiger partial charge is 0.308 e. The molecule has 1 atom stereocenters. The van der Waals surface area contributed by atoms with Crippen LogP contribution < -0.4 is 4.74 Å². The van der Waals surface area contributed by atoms with Gasteiger partial charge in [-0.25, -0.2) is 4.39 Å². The summed E-state index contributed by atoms with van der Waals surface area (Å²) in [5, 5.41) is 9.08. The fourth-order valence-corrected chi connectivity index (χ4v) is 2.83. The van der Waals surface area contributed by atoms with E-state index in [1.54, 1.807) is 41.3 Å². The van der Waals surface area contributed by atoms with Gasteiger partial charge in [-0.3, -0.25) is 9.59 Å². The Kier molecular flexibility index (Phi) is 4.97. The maximum absolute atomic E-state index is 12.9. The van der Waals surface area contributed by atoms with Gasteiger partial charge in [0.2, 0.25) is 0 Å². The average molecular weight is 343 g/mol. The molecule has 2 aromatic carbocycles. The molecule has 1 N–H and O–H groups in total. The van der Waals surface area contributed by atoms with Crippen molar-refractivity contribution < 1.29 is 23.8 Å². The van der Waals surface area contributed by atoms with Crippen molar-refractivity contribution in [2.45, 2.75) is 13.0 Å². The highest BCUT2D eigenvalue weighted by Crippen LogP contribution is 2.25. The number of aliphatic carboxylic acids is 1. The number of hydrogen-bond donors (Lipinski definition) is 1. The van der Waals surface area contributed by atoms with Crippen molar-refractivity contribution in [3.63, 3.8) is 0 Å². The summed E-state index contributed by atoms with van der Waals surface area (Å²) in [5.41, 5.74) is 1.19. The lowest BCUT2D eigenvalue weighted by molar-refractivity contribution is -0.141. The van der Waals surface area contributed by atoms with E-state index in [4.69, 9.17) is 9.84 Å². The third-order valence-corrected chi connectivity index (χ3v) is 4.25. The van der Waals surface area contributed by atoms with E-state index in [0.717, 1.165) is 5.56 Å². The van der Waals surface area contributed by atoms with Crippen molar-refractivity contribution in [1.82, 2.24) is 4.90 Å². The first-order chi connectivity index (χ1) is 12.0. The van der Waals surface area contributed by atoms with Gasteiger partial charge in [-0.2, -0.15) is 0 Å². The normalized spacial score (nSPS) is 16.7. The molecule has 1 unspecified atom stereocenters. The molecule has 2 aromatic rings. The molecule has 6 heteroatoms. The Morgan fingerprint density at radius 1 is 1.16 bits per heavy atom. The zero-order valence-corrected chi connectivity index (χ0v) is 13.5. The molecule has 25 heavy (non-hydrogen) atoms. The van der Waals surface area contributed by atoms with E-state index >= 15 is 0 Å². The van der Waals surface area contributed by atoms with Crippen LogP contribution in [0.25, 0.3) is 0 Å². The van der Waals surface area contributed by atoms with Crippen molar-refractivity contribution in [3.8, 4) is 5.75 Å². The minimum atomic E-state index is -0.879. The van der Waals surface area contributed by atoms with Crippen LogP contribution in [0.4, 0.5) is 4.39 Å². The highest BCUT2D eigenvalue weighted by atomic mass is 19.1. The zero-order valence-electron chi connectivity index (χ0n) is 13.5. The maximum Gasteiger partial charge on any atom is 0.308 e. The van der Waals surface area contributed by atoms with E-state index in [2.05, 4.69) is 0 Å². The fraction of sp³-hybridized carbons (Fsp3) is 0.263. The number of carbonyl (C=O) groups is 2. The Morgan fingerprint density at radius 2 is 1.88 bits per heavy atom. The Labute approximate surface area is 144 Å². The fourth-order valence-electron chi connectivity index (χ4n) is 2.83. The van der Waals surface area contributed by atoms with Crippen molar-refractivity contribution in [3.05, 3.63) is 65.5 Å². The van der Waals surface area contributed by atoms with Crippen LogP contribution >= 0.6 is 0 Å². The van der Waals surface area contributed by atoms with Crippen LogP contribution in [0.2, 0.25) is 0 Å². The summed E-state index contributed by atoms with van der Waals surface area (Å²) in [4.78, 5) is 25.3. The average Bonchev–Trinajstić information content (AvgIpc) is 3.11. The Balaban J connectivity index is 1.71. The van der Waals surface area contributed by atoms with Gasteiger partial charge in [0.25, 0.3) is 5.91 Å². The summed E-state index contributed by atoms with van der Waals surface area (Å²) in [6.45, 7) is 0.838. The predicted molar refractivity (Wildman–Crippen MR) is 88.8 cm³/mol. The molecule has 0 bridgehead atoms. The number of benzene rings is 2. The van der Waals surface area contributed by atoms with Crippen LogP contribution in [0, 0.1) is 11.7 Å². The molecule has 0 saturated carbocycles. The van der Waals surface area contributed by atoms with Gasteiger partial charge in [-0.15, -0.1) is 0 Å². The molecule has 1 amide bonds. The van der Waals surface area contributed by atoms with Crippen molar-refractivity contribution in [1.29, 1.82) is 0 Å². The first-order valence-corrected chi connectivity index (χ1v) is 8.03. The molecule has 1 aliphatic heterocycles. The van der Waals surface area contributed by atoms with Crippen LogP contribution in [0.3, 0.4) is 0 Å². The highest BCUT2D eigenvalue weighted by Gasteiger charge is 2.32. The number of nitrogens with zero attached hydrogens (tertiary/aromatic N) is 1. The molecular formula is C19H18FNO4. The number of ether oxygens (including phenoxy) is 1. The number of para-hydroxylation sites is 1. The van der Waals surface area contributed by atoms with Crippen molar-refractivity contribution in [2.75, 3.05) is 13.1 Å². The van der Waals surface area contributed by atoms with Crippen LogP contribution in [0.1, 0.15) is 22.3 Å². The molecule has 0 aromatic heterocycles. The lowest BCUT2D eigenvalue weighted by Crippen LogP contribution is -2.30. The molecule has 1 heterocycles. The highest BCUT2D eigenvalue weighted by molar-refractivity contribution is 5.97. The second-order valence-corrected chi connectivity index (χ2v) is 5.99. The summed E-state index contributed by atoms with van der Waals surface area (Å²) in [6.07, 6.45) is 0.458. The molecule has 3 rings (SSSR count). The van der Waals surface area contributed by atoms with Gasteiger partial charge in [0.15, 0.2) is 0 Å². The summed E-state index contributed by atoms with van der Waals surface area (Å²) in [5.74, 6) is -1.53. The molecule has 130 valence electrons. The summed E-state index contributed by atoms with van der Waals surface area (Å²) < 4.78 is 18.7. The lowest BCUT2D eigenvalue weighted by atomic mass is 10.1. The van der Waals surface area contributed by atoms with E-state index in [1.807, 2.05) is 0 Å². The van der Waals surface area contributed by atoms with Crippen LogP contribution in [0.5, 0.6) is 5.75 Å². The van der Waals surface area contributed by atoms with E-state index < -0.39 is 11.9 Å². The summed E-state index contributed by atoms with van der Waals surface area (Å²) >= 11 is 0. The number of rotatable bonds is 5. The number of carboxylic acid groups (broad SMARTS) is 1. The van der Waals surface area contributed by atoms with Gasteiger partial charge in [-0.1, -0.05) is 24.3 Å². The molecule has 0 radical (unpaired) electrons. The first-order valence-electron chi connectivity index (χ1n) is 8.03. The summed E-state index contributed by atoms with van der Waals surface area (Å²) in [6, 6.07) is 12.8. The minimum Gasteiger partial charge on any atom is -0.488 e. The lowest BCUT2D eigenvalue weighted by Gasteiger charge is -2.18. The standard InChI is InChI=1S/C19H18FNO4/c20-15-7-5-13(6-8-15)12-25-17-4-2-1-3-16(17)18(22)21-10-9-14(11-21)19(23)24/h1-8,14H,9-12H2,(H,23,24). The second-order valence-electron chi connectivity index (χ2n) is 5.99. The second kappa shape index (κ2) is 7.34. The van der Waals surface area contributed by atoms with E-state index in [1.165, 1.54) is 12.1 Å². The maximum atomic E-state index is 12.9. The molecule has 5 nitrogen and oxygen atoms in total. The van der Waals surface area contributed by atoms with Crippen LogP contribution in [-0.2, 0) is 11.4 Å². The van der Waals surface area contributed by atoms with Gasteiger partial charge in [0.1, 0.15) is 18.2 Å². The monoisotopic (exact) mass is 343 g/mol. The minimum absolute atomic E-state index is 0.209. The topological polar surface area (TPSA) is 66.8 Å². The van der Waals surface area contributed by atoms with Gasteiger partial charge in [0.05, 0.1) is 11.5 Å². The van der Waals surface area contributed by atoms with E-state index in [-0.39, 0.29) is 24.9 Å². The third kappa shape index (κ3) is 3.96. The molecule has 0 aliphatic carbocycles. The first kappa shape index (κ1) is 17.0. The van der Waals surface area contributed by atoms with Crippen LogP contribution in [0.15, 0.2) is 48.5 Å². The van der Waals surface area contributed by atoms with Gasteiger partial charge in [-0.05, 0) is 36.2 Å². The molecular weight excluding hydrogens is 325 g/mol. The van der Waals surface area contributed by atoms with Crippen molar-refractivity contribution >= 4 is 11.9 Å². The Bertz CT molecular complexity index is 775. The summed E-state index contributed by atoms with van der Waals surface area (Å²) in [7, 11) is 0. The molecule has 0 spiro atoms. The SMILES string of the molecule is O=C(O)C1CCN(C(=O)c2ccccc2OCc2ccc(F)cc2)C1. The third-order valence-electron chi connectivity index (χ3n) is 4.25. The Hall–Kier alpha value is -2.89. The van der Waals surface area contributed by atoms with E-state index in [0.29, 0.717) is 24.3 Å². The number of likely N-dealkylation sites (tertiary alicyclic amines) is 1. The number of hydrogen-bond acceptors (Lipinski definition) is 3. The number of carbonyl (C=O) groups excluding carboxylic acids is 1. The van der Waals surface area contributed by atoms with Crippen LogP contribution in [-0.4, -0.2) is 35.0 Å². The quantitative estimate of drug-likeness (QED) is 0.906. The van der Waals surface area contributed by atoms with E-state index in [9.17, 15) is 14.0 Å². The largest absolute Gasteiger partial charge is 0.488 e.